The third-order valence-corrected chi connectivity index (χ3v) is 1.60. The summed E-state index contributed by atoms with van der Waals surface area (Å²) in [5, 5.41) is 13.5. The highest BCUT2D eigenvalue weighted by Gasteiger charge is 2.18. The Morgan fingerprint density at radius 1 is 1.67 bits per heavy atom. The van der Waals surface area contributed by atoms with Gasteiger partial charge in [0.25, 0.3) is 0 Å². The highest BCUT2D eigenvalue weighted by molar-refractivity contribution is 5.56. The van der Waals surface area contributed by atoms with Gasteiger partial charge in [0.05, 0.1) is 23.8 Å². The van der Waals surface area contributed by atoms with Gasteiger partial charge < -0.3 is 4.74 Å². The van der Waals surface area contributed by atoms with Crippen LogP contribution in [0.15, 0.2) is 17.2 Å². The number of hydrogen-bond acceptors (Lipinski definition) is 4. The average Bonchev–Trinajstić information content (AvgIpc) is 2.20. The van der Waals surface area contributed by atoms with E-state index in [1.54, 1.807) is 0 Å². The molecule has 0 saturated heterocycles. The van der Waals surface area contributed by atoms with Gasteiger partial charge in [0, 0.05) is 4.91 Å². The molecule has 1 aromatic rings. The van der Waals surface area contributed by atoms with E-state index in [2.05, 4.69) is 14.8 Å². The summed E-state index contributed by atoms with van der Waals surface area (Å²) in [6.45, 7) is 0. The number of nitro benzene ring substituents is 1. The van der Waals surface area contributed by atoms with Crippen molar-refractivity contribution < 1.29 is 14.1 Å². The predicted octanol–water partition coefficient (Wildman–Crippen LogP) is 2.68. The van der Waals surface area contributed by atoms with E-state index in [0.717, 1.165) is 6.07 Å². The molecule has 15 heavy (non-hydrogen) atoms. The zero-order valence-electron chi connectivity index (χ0n) is 7.55. The summed E-state index contributed by atoms with van der Waals surface area (Å²) < 4.78 is 17.7. The van der Waals surface area contributed by atoms with Gasteiger partial charge in [-0.1, -0.05) is 5.11 Å². The minimum absolute atomic E-state index is 0.163. The number of ether oxygens (including phenoxy) is 1. The molecule has 0 aliphatic carbocycles. The maximum atomic E-state index is 13.1. The molecular formula is C7H5FN4O3. The van der Waals surface area contributed by atoms with Crippen LogP contribution < -0.4 is 4.74 Å². The fourth-order valence-corrected chi connectivity index (χ4v) is 0.963. The van der Waals surface area contributed by atoms with E-state index in [4.69, 9.17) is 5.53 Å². The van der Waals surface area contributed by atoms with E-state index in [0.29, 0.717) is 6.07 Å². The Morgan fingerprint density at radius 3 is 2.80 bits per heavy atom. The van der Waals surface area contributed by atoms with Gasteiger partial charge in [-0.05, 0) is 11.6 Å². The van der Waals surface area contributed by atoms with Gasteiger partial charge in [-0.15, -0.1) is 0 Å². The number of azide groups is 1. The zero-order chi connectivity index (χ0) is 11.4. The molecule has 0 atom stereocenters. The van der Waals surface area contributed by atoms with E-state index in [9.17, 15) is 14.5 Å². The first kappa shape index (κ1) is 10.7. The highest BCUT2D eigenvalue weighted by atomic mass is 19.1. The van der Waals surface area contributed by atoms with Crippen molar-refractivity contribution in [3.63, 3.8) is 0 Å². The topological polar surface area (TPSA) is 101 Å². The molecule has 0 amide bonds. The minimum atomic E-state index is -0.972. The van der Waals surface area contributed by atoms with Crippen LogP contribution in [0.25, 0.3) is 10.4 Å². The maximum Gasteiger partial charge on any atom is 0.313 e. The summed E-state index contributed by atoms with van der Waals surface area (Å²) in [5.41, 5.74) is 7.23. The van der Waals surface area contributed by atoms with Crippen LogP contribution in [0.3, 0.4) is 0 Å². The van der Waals surface area contributed by atoms with Crippen molar-refractivity contribution in [3.05, 3.63) is 38.5 Å². The van der Waals surface area contributed by atoms with Gasteiger partial charge in [-0.25, -0.2) is 4.39 Å². The smallest absolute Gasteiger partial charge is 0.313 e. The molecule has 7 nitrogen and oxygen atoms in total. The van der Waals surface area contributed by atoms with Crippen LogP contribution in [0.2, 0.25) is 0 Å². The molecule has 0 N–H and O–H groups in total. The maximum absolute atomic E-state index is 13.1. The number of nitrogens with zero attached hydrogens (tertiary/aromatic N) is 4. The molecule has 0 aliphatic heterocycles. The summed E-state index contributed by atoms with van der Waals surface area (Å²) in [4.78, 5) is 12.0. The summed E-state index contributed by atoms with van der Waals surface area (Å²) in [6, 6.07) is 1.61. The number of hydrogen-bond donors (Lipinski definition) is 0. The second-order valence-electron chi connectivity index (χ2n) is 2.42. The third-order valence-electron chi connectivity index (χ3n) is 1.60. The molecule has 0 heterocycles. The Kier molecular flexibility index (Phi) is 3.04. The minimum Gasteiger partial charge on any atom is -0.490 e. The average molecular weight is 212 g/mol. The Labute approximate surface area is 82.9 Å². The molecule has 78 valence electrons. The van der Waals surface area contributed by atoms with Crippen LogP contribution in [0.1, 0.15) is 0 Å². The van der Waals surface area contributed by atoms with Crippen molar-refractivity contribution in [2.75, 3.05) is 7.11 Å². The monoisotopic (exact) mass is 212 g/mol. The first-order valence-electron chi connectivity index (χ1n) is 3.67. The Bertz CT molecular complexity index is 456. The van der Waals surface area contributed by atoms with Crippen molar-refractivity contribution in [1.29, 1.82) is 0 Å². The Hall–Kier alpha value is -2.34. The molecule has 0 aliphatic rings. The molecule has 0 spiro atoms. The Morgan fingerprint density at radius 2 is 2.33 bits per heavy atom. The molecular weight excluding hydrogens is 207 g/mol. The first-order valence-corrected chi connectivity index (χ1v) is 3.67. The van der Waals surface area contributed by atoms with Gasteiger partial charge >= 0.3 is 5.69 Å². The van der Waals surface area contributed by atoms with Gasteiger partial charge in [-0.3, -0.25) is 10.1 Å². The highest BCUT2D eigenvalue weighted by Crippen LogP contribution is 2.33. The molecule has 0 bridgehead atoms. The van der Waals surface area contributed by atoms with E-state index in [-0.39, 0.29) is 11.4 Å². The molecule has 0 aromatic heterocycles. The number of methoxy groups -OCH3 is 1. The van der Waals surface area contributed by atoms with Crippen molar-refractivity contribution in [3.8, 4) is 5.75 Å². The lowest BCUT2D eigenvalue weighted by Gasteiger charge is -2.02. The molecule has 0 saturated carbocycles. The standard InChI is InChI=1S/C7H5FN4O3/c1-15-7-3-5(10-11-9)4(8)2-6(7)12(13)14/h2-3H,1H3. The fraction of sp³-hybridized carbons (Fsp3) is 0.143. The summed E-state index contributed by atoms with van der Waals surface area (Å²) in [6.07, 6.45) is 0. The van der Waals surface area contributed by atoms with Crippen LogP contribution in [0.4, 0.5) is 15.8 Å². The number of rotatable bonds is 3. The Balaban J connectivity index is 3.41. The molecule has 1 aromatic carbocycles. The van der Waals surface area contributed by atoms with Crippen molar-refractivity contribution in [2.24, 2.45) is 5.11 Å². The van der Waals surface area contributed by atoms with E-state index in [1.165, 1.54) is 7.11 Å². The lowest BCUT2D eigenvalue weighted by atomic mass is 10.2. The molecule has 0 radical (unpaired) electrons. The van der Waals surface area contributed by atoms with Crippen LogP contribution in [0, 0.1) is 15.9 Å². The zero-order valence-corrected chi connectivity index (χ0v) is 7.55. The number of nitro groups is 1. The second kappa shape index (κ2) is 4.25. The van der Waals surface area contributed by atoms with Crippen molar-refractivity contribution in [1.82, 2.24) is 0 Å². The van der Waals surface area contributed by atoms with Crippen LogP contribution in [-0.2, 0) is 0 Å². The molecule has 0 fully saturated rings. The van der Waals surface area contributed by atoms with E-state index < -0.39 is 16.4 Å². The van der Waals surface area contributed by atoms with Crippen LogP contribution in [0.5, 0.6) is 5.75 Å². The largest absolute Gasteiger partial charge is 0.490 e. The third kappa shape index (κ3) is 2.12. The van der Waals surface area contributed by atoms with Crippen molar-refractivity contribution in [2.45, 2.75) is 0 Å². The molecule has 0 unspecified atom stereocenters. The summed E-state index contributed by atoms with van der Waals surface area (Å²) >= 11 is 0. The summed E-state index contributed by atoms with van der Waals surface area (Å²) in [5.74, 6) is -1.14. The second-order valence-corrected chi connectivity index (χ2v) is 2.42. The number of halogens is 1. The quantitative estimate of drug-likeness (QED) is 0.253. The van der Waals surface area contributed by atoms with Gasteiger partial charge in [-0.2, -0.15) is 0 Å². The van der Waals surface area contributed by atoms with E-state index >= 15 is 0 Å². The van der Waals surface area contributed by atoms with Gasteiger partial charge in [0.15, 0.2) is 5.75 Å². The van der Waals surface area contributed by atoms with Crippen LogP contribution in [-0.4, -0.2) is 12.0 Å². The number of benzene rings is 1. The van der Waals surface area contributed by atoms with Gasteiger partial charge in [0.2, 0.25) is 0 Å². The van der Waals surface area contributed by atoms with Crippen molar-refractivity contribution >= 4 is 11.4 Å². The van der Waals surface area contributed by atoms with Crippen LogP contribution >= 0.6 is 0 Å². The fourth-order valence-electron chi connectivity index (χ4n) is 0.963. The lowest BCUT2D eigenvalue weighted by molar-refractivity contribution is -0.385. The first-order chi connectivity index (χ1) is 7.10. The normalized spacial score (nSPS) is 9.20. The SMILES string of the molecule is COc1cc(N=[N+]=[N-])c(F)cc1[N+](=O)[O-]. The molecule has 1 rings (SSSR count). The predicted molar refractivity (Wildman–Crippen MR) is 48.4 cm³/mol. The lowest BCUT2D eigenvalue weighted by Crippen LogP contribution is -1.94. The summed E-state index contributed by atoms with van der Waals surface area (Å²) in [7, 11) is 1.19. The van der Waals surface area contributed by atoms with E-state index in [1.807, 2.05) is 0 Å². The molecule has 8 heteroatoms. The van der Waals surface area contributed by atoms with Gasteiger partial charge in [0.1, 0.15) is 5.82 Å².